The van der Waals surface area contributed by atoms with Gasteiger partial charge in [-0.25, -0.2) is 4.79 Å². The van der Waals surface area contributed by atoms with Crippen molar-refractivity contribution in [1.29, 1.82) is 0 Å². The first kappa shape index (κ1) is 10.6. The lowest BCUT2D eigenvalue weighted by Crippen LogP contribution is -2.55. The second-order valence-electron chi connectivity index (χ2n) is 3.59. The Morgan fingerprint density at radius 2 is 2.00 bits per heavy atom. The van der Waals surface area contributed by atoms with Crippen LogP contribution < -0.4 is 5.73 Å². The number of hydrogen-bond donors (Lipinski definition) is 1. The summed E-state index contributed by atoms with van der Waals surface area (Å²) in [4.78, 5) is 27.5. The van der Waals surface area contributed by atoms with Crippen molar-refractivity contribution in [3.63, 3.8) is 0 Å². The van der Waals surface area contributed by atoms with Crippen molar-refractivity contribution in [3.8, 4) is 0 Å². The molecule has 5 heteroatoms. The van der Waals surface area contributed by atoms with Crippen LogP contribution >= 0.6 is 0 Å². The predicted octanol–water partition coefficient (Wildman–Crippen LogP) is 0.318. The number of hydrogen-bond acceptors (Lipinski definition) is 4. The van der Waals surface area contributed by atoms with Crippen LogP contribution in [-0.4, -0.2) is 29.5 Å². The number of primary amides is 1. The van der Waals surface area contributed by atoms with Gasteiger partial charge in [0.1, 0.15) is 6.04 Å². The maximum atomic E-state index is 11.6. The zero-order chi connectivity index (χ0) is 11.5. The fraction of sp³-hybridized carbons (Fsp3) is 0.273. The molecule has 16 heavy (non-hydrogen) atoms. The Kier molecular flexibility index (Phi) is 2.87. The number of rotatable bonds is 3. The molecule has 1 amide bonds. The van der Waals surface area contributed by atoms with E-state index in [4.69, 9.17) is 10.6 Å². The number of amides is 1. The van der Waals surface area contributed by atoms with Gasteiger partial charge in [-0.2, -0.15) is 0 Å². The Morgan fingerprint density at radius 3 is 2.50 bits per heavy atom. The number of carbonyl (C=O) groups excluding carboxylic acids is 2. The summed E-state index contributed by atoms with van der Waals surface area (Å²) in [7, 11) is 0. The Bertz CT molecular complexity index is 405. The minimum absolute atomic E-state index is 0.456. The second-order valence-corrected chi connectivity index (χ2v) is 3.59. The molecule has 0 saturated carbocycles. The molecule has 2 rings (SSSR count). The van der Waals surface area contributed by atoms with E-state index >= 15 is 0 Å². The summed E-state index contributed by atoms with van der Waals surface area (Å²) >= 11 is 0. The zero-order valence-electron chi connectivity index (χ0n) is 8.63. The highest BCUT2D eigenvalue weighted by Gasteiger charge is 2.36. The smallest absolute Gasteiger partial charge is 0.357 e. The number of hydroxylamine groups is 2. The monoisotopic (exact) mass is 220 g/mol. The van der Waals surface area contributed by atoms with Gasteiger partial charge in [0.15, 0.2) is 0 Å². The molecule has 1 aliphatic heterocycles. The first-order chi connectivity index (χ1) is 7.68. The summed E-state index contributed by atoms with van der Waals surface area (Å²) in [5, 5.41) is 1.32. The van der Waals surface area contributed by atoms with Crippen molar-refractivity contribution < 1.29 is 14.4 Å². The molecule has 0 radical (unpaired) electrons. The molecule has 1 aliphatic rings. The minimum atomic E-state index is -0.479. The van der Waals surface area contributed by atoms with Gasteiger partial charge in [-0.15, -0.1) is 5.06 Å². The topological polar surface area (TPSA) is 72.6 Å². The van der Waals surface area contributed by atoms with E-state index in [1.165, 1.54) is 5.06 Å². The van der Waals surface area contributed by atoms with Crippen LogP contribution in [0.15, 0.2) is 30.3 Å². The second kappa shape index (κ2) is 4.32. The highest BCUT2D eigenvalue weighted by molar-refractivity contribution is 5.89. The molecular weight excluding hydrogens is 208 g/mol. The van der Waals surface area contributed by atoms with E-state index in [9.17, 15) is 9.59 Å². The van der Waals surface area contributed by atoms with Crippen LogP contribution in [0.5, 0.6) is 0 Å². The molecule has 0 aliphatic carbocycles. The van der Waals surface area contributed by atoms with E-state index in [0.29, 0.717) is 18.5 Å². The Labute approximate surface area is 92.7 Å². The molecule has 5 nitrogen and oxygen atoms in total. The molecule has 1 unspecified atom stereocenters. The average molecular weight is 220 g/mol. The highest BCUT2D eigenvalue weighted by atomic mass is 16.7. The van der Waals surface area contributed by atoms with E-state index in [1.54, 1.807) is 24.3 Å². The maximum Gasteiger partial charge on any atom is 0.357 e. The predicted molar refractivity (Wildman–Crippen MR) is 56.2 cm³/mol. The summed E-state index contributed by atoms with van der Waals surface area (Å²) in [6.07, 6.45) is 0.636. The van der Waals surface area contributed by atoms with Gasteiger partial charge in [-0.05, 0) is 18.6 Å². The maximum absolute atomic E-state index is 11.6. The van der Waals surface area contributed by atoms with Crippen LogP contribution in [0.2, 0.25) is 0 Å². The summed E-state index contributed by atoms with van der Waals surface area (Å²) in [6, 6.07) is 8.14. The van der Waals surface area contributed by atoms with Crippen LogP contribution in [0.4, 0.5) is 0 Å². The first-order valence-corrected chi connectivity index (χ1v) is 5.02. The third-order valence-electron chi connectivity index (χ3n) is 2.51. The Balaban J connectivity index is 1.96. The normalized spacial score (nSPS) is 19.9. The number of carbonyl (C=O) groups is 2. The van der Waals surface area contributed by atoms with Crippen LogP contribution in [0, 0.1) is 0 Å². The van der Waals surface area contributed by atoms with Crippen molar-refractivity contribution in [3.05, 3.63) is 35.9 Å². The largest absolute Gasteiger partial charge is 0.368 e. The first-order valence-electron chi connectivity index (χ1n) is 5.02. The van der Waals surface area contributed by atoms with Crippen LogP contribution in [0.25, 0.3) is 0 Å². The van der Waals surface area contributed by atoms with E-state index in [1.807, 2.05) is 6.07 Å². The third kappa shape index (κ3) is 2.04. The SMILES string of the molecule is NC(=O)C1CCN1OC(=O)c1ccccc1. The molecule has 1 saturated heterocycles. The Morgan fingerprint density at radius 1 is 1.31 bits per heavy atom. The van der Waals surface area contributed by atoms with E-state index in [2.05, 4.69) is 0 Å². The van der Waals surface area contributed by atoms with Gasteiger partial charge in [0, 0.05) is 6.54 Å². The van der Waals surface area contributed by atoms with Crippen molar-refractivity contribution >= 4 is 11.9 Å². The fourth-order valence-corrected chi connectivity index (χ4v) is 1.49. The lowest BCUT2D eigenvalue weighted by Gasteiger charge is -2.36. The summed E-state index contributed by atoms with van der Waals surface area (Å²) < 4.78 is 0. The van der Waals surface area contributed by atoms with Gasteiger partial charge >= 0.3 is 5.97 Å². The number of nitrogens with two attached hydrogens (primary N) is 1. The molecule has 0 spiro atoms. The number of benzene rings is 1. The van der Waals surface area contributed by atoms with Crippen molar-refractivity contribution in [2.24, 2.45) is 5.73 Å². The van der Waals surface area contributed by atoms with Crippen LogP contribution in [-0.2, 0) is 9.63 Å². The molecule has 1 fully saturated rings. The molecule has 0 bridgehead atoms. The molecule has 84 valence electrons. The number of nitrogens with zero attached hydrogens (tertiary/aromatic N) is 1. The molecule has 1 aromatic carbocycles. The molecule has 1 atom stereocenters. The summed E-state index contributed by atoms with van der Waals surface area (Å²) in [5.41, 5.74) is 5.59. The van der Waals surface area contributed by atoms with Gasteiger partial charge in [0.05, 0.1) is 5.56 Å². The Hall–Kier alpha value is -1.88. The van der Waals surface area contributed by atoms with Crippen LogP contribution in [0.1, 0.15) is 16.8 Å². The lowest BCUT2D eigenvalue weighted by atomic mass is 10.1. The summed E-state index contributed by atoms with van der Waals surface area (Å²) in [5.74, 6) is -0.932. The molecular formula is C11H12N2O3. The van der Waals surface area contributed by atoms with E-state index in [0.717, 1.165) is 0 Å². The van der Waals surface area contributed by atoms with Crippen molar-refractivity contribution in [2.45, 2.75) is 12.5 Å². The summed E-state index contributed by atoms with van der Waals surface area (Å²) in [6.45, 7) is 0.548. The molecule has 1 aromatic rings. The van der Waals surface area contributed by atoms with Gasteiger partial charge in [0.25, 0.3) is 0 Å². The van der Waals surface area contributed by atoms with E-state index < -0.39 is 17.9 Å². The van der Waals surface area contributed by atoms with Gasteiger partial charge < -0.3 is 10.6 Å². The van der Waals surface area contributed by atoms with Gasteiger partial charge in [-0.1, -0.05) is 18.2 Å². The quantitative estimate of drug-likeness (QED) is 0.796. The molecule has 2 N–H and O–H groups in total. The highest BCUT2D eigenvalue weighted by Crippen LogP contribution is 2.18. The minimum Gasteiger partial charge on any atom is -0.368 e. The standard InChI is InChI=1S/C11H12N2O3/c12-10(14)9-6-7-13(9)16-11(15)8-4-2-1-3-5-8/h1-5,9H,6-7H2,(H2,12,14). The third-order valence-corrected chi connectivity index (χ3v) is 2.51. The molecule has 0 aromatic heterocycles. The lowest BCUT2D eigenvalue weighted by molar-refractivity contribution is -0.189. The fourth-order valence-electron chi connectivity index (χ4n) is 1.49. The van der Waals surface area contributed by atoms with Gasteiger partial charge in [-0.3, -0.25) is 4.79 Å². The zero-order valence-corrected chi connectivity index (χ0v) is 8.63. The van der Waals surface area contributed by atoms with Crippen molar-refractivity contribution in [2.75, 3.05) is 6.54 Å². The average Bonchev–Trinajstić information content (AvgIpc) is 2.24. The van der Waals surface area contributed by atoms with E-state index in [-0.39, 0.29) is 0 Å². The van der Waals surface area contributed by atoms with Gasteiger partial charge in [0.2, 0.25) is 5.91 Å². The molecule has 1 heterocycles. The van der Waals surface area contributed by atoms with Crippen LogP contribution in [0.3, 0.4) is 0 Å². The van der Waals surface area contributed by atoms with Crippen molar-refractivity contribution in [1.82, 2.24) is 5.06 Å².